The molecule has 0 bridgehead atoms. The maximum Gasteiger partial charge on any atom is 0.254 e. The number of nitrogens with two attached hydrogens (primary N) is 1. The van der Waals surface area contributed by atoms with Gasteiger partial charge < -0.3 is 15.4 Å². The number of hydrogen-bond donors (Lipinski definition) is 1. The van der Waals surface area contributed by atoms with Crippen LogP contribution in [0.1, 0.15) is 35.2 Å². The van der Waals surface area contributed by atoms with Gasteiger partial charge in [0.15, 0.2) is 0 Å². The van der Waals surface area contributed by atoms with Crippen molar-refractivity contribution in [2.75, 3.05) is 20.2 Å². The normalized spacial score (nSPS) is 28.3. The molecule has 4 nitrogen and oxygen atoms in total. The van der Waals surface area contributed by atoms with Gasteiger partial charge in [0.25, 0.3) is 5.91 Å². The number of hydrogen-bond acceptors (Lipinski definition) is 3. The molecule has 3 atom stereocenters. The number of carbonyl (C=O) groups is 1. The minimum Gasteiger partial charge on any atom is -0.496 e. The van der Waals surface area contributed by atoms with Crippen molar-refractivity contribution < 1.29 is 9.53 Å². The lowest BCUT2D eigenvalue weighted by molar-refractivity contribution is 0.0783. The zero-order valence-electron chi connectivity index (χ0n) is 12.8. The van der Waals surface area contributed by atoms with Gasteiger partial charge in [-0.2, -0.15) is 0 Å². The molecule has 2 fully saturated rings. The molecular formula is C17H24N2O2. The Kier molecular flexibility index (Phi) is 3.89. The number of likely N-dealkylation sites (tertiary alicyclic amines) is 1. The molecule has 21 heavy (non-hydrogen) atoms. The predicted molar refractivity (Wildman–Crippen MR) is 82.4 cm³/mol. The Morgan fingerprint density at radius 1 is 1.29 bits per heavy atom. The second-order valence-electron chi connectivity index (χ2n) is 6.49. The van der Waals surface area contributed by atoms with Crippen LogP contribution < -0.4 is 10.5 Å². The zero-order valence-corrected chi connectivity index (χ0v) is 12.8. The van der Waals surface area contributed by atoms with E-state index in [0.29, 0.717) is 17.9 Å². The highest BCUT2D eigenvalue weighted by Gasteiger charge is 2.38. The van der Waals surface area contributed by atoms with Crippen LogP contribution in [0, 0.1) is 18.8 Å². The summed E-state index contributed by atoms with van der Waals surface area (Å²) in [5, 5.41) is 0. The molecule has 0 radical (unpaired) electrons. The fourth-order valence-corrected chi connectivity index (χ4v) is 3.77. The van der Waals surface area contributed by atoms with Crippen molar-refractivity contribution in [1.29, 1.82) is 0 Å². The van der Waals surface area contributed by atoms with Crippen LogP contribution in [0.2, 0.25) is 0 Å². The average molecular weight is 288 g/mol. The summed E-state index contributed by atoms with van der Waals surface area (Å²) in [6.45, 7) is 3.72. The Morgan fingerprint density at radius 3 is 2.81 bits per heavy atom. The second-order valence-corrected chi connectivity index (χ2v) is 6.49. The topological polar surface area (TPSA) is 55.6 Å². The first-order chi connectivity index (χ1) is 10.1. The number of methoxy groups -OCH3 is 1. The smallest absolute Gasteiger partial charge is 0.254 e. The molecule has 1 aromatic carbocycles. The summed E-state index contributed by atoms with van der Waals surface area (Å²) in [6.07, 6.45) is 3.32. The van der Waals surface area contributed by atoms with E-state index in [9.17, 15) is 4.79 Å². The van der Waals surface area contributed by atoms with Gasteiger partial charge in [-0.25, -0.2) is 0 Å². The van der Waals surface area contributed by atoms with Crippen molar-refractivity contribution >= 4 is 5.91 Å². The Bertz CT molecular complexity index is 544. The van der Waals surface area contributed by atoms with Crippen LogP contribution >= 0.6 is 0 Å². The van der Waals surface area contributed by atoms with Gasteiger partial charge in [-0.3, -0.25) is 4.79 Å². The van der Waals surface area contributed by atoms with Gasteiger partial charge in [0.2, 0.25) is 0 Å². The third-order valence-corrected chi connectivity index (χ3v) is 5.03. The molecule has 1 saturated heterocycles. The van der Waals surface area contributed by atoms with Crippen molar-refractivity contribution in [1.82, 2.24) is 4.90 Å². The van der Waals surface area contributed by atoms with Crippen molar-refractivity contribution in [3.63, 3.8) is 0 Å². The summed E-state index contributed by atoms with van der Waals surface area (Å²) in [5.41, 5.74) is 7.83. The molecule has 1 amide bonds. The van der Waals surface area contributed by atoms with Gasteiger partial charge >= 0.3 is 0 Å². The number of fused-ring (bicyclic) bond motifs is 1. The molecule has 1 aromatic rings. The lowest BCUT2D eigenvalue weighted by Gasteiger charge is -2.27. The third kappa shape index (κ3) is 2.77. The molecule has 1 heterocycles. The molecule has 2 aliphatic rings. The summed E-state index contributed by atoms with van der Waals surface area (Å²) in [5.74, 6) is 2.13. The Labute approximate surface area is 126 Å². The van der Waals surface area contributed by atoms with Crippen LogP contribution in [0.3, 0.4) is 0 Å². The van der Waals surface area contributed by atoms with E-state index in [1.165, 1.54) is 0 Å². The van der Waals surface area contributed by atoms with Crippen molar-refractivity contribution in [3.8, 4) is 5.75 Å². The van der Waals surface area contributed by atoms with Crippen LogP contribution in [0.15, 0.2) is 18.2 Å². The lowest BCUT2D eigenvalue weighted by atomic mass is 9.79. The van der Waals surface area contributed by atoms with Gasteiger partial charge in [0, 0.05) is 24.7 Å². The fourth-order valence-electron chi connectivity index (χ4n) is 3.77. The van der Waals surface area contributed by atoms with Crippen molar-refractivity contribution in [2.45, 2.75) is 32.2 Å². The van der Waals surface area contributed by atoms with E-state index in [1.807, 2.05) is 30.0 Å². The van der Waals surface area contributed by atoms with Crippen LogP contribution in [0.4, 0.5) is 0 Å². The van der Waals surface area contributed by atoms with Gasteiger partial charge in [0.1, 0.15) is 5.75 Å². The summed E-state index contributed by atoms with van der Waals surface area (Å²) in [4.78, 5) is 14.7. The van der Waals surface area contributed by atoms with E-state index in [2.05, 4.69) is 0 Å². The number of benzene rings is 1. The highest BCUT2D eigenvalue weighted by atomic mass is 16.5. The highest BCUT2D eigenvalue weighted by Crippen LogP contribution is 2.36. The van der Waals surface area contributed by atoms with E-state index >= 15 is 0 Å². The fraction of sp³-hybridized carbons (Fsp3) is 0.588. The van der Waals surface area contributed by atoms with E-state index < -0.39 is 0 Å². The first-order valence-corrected chi connectivity index (χ1v) is 7.78. The number of aryl methyl sites for hydroxylation is 1. The zero-order chi connectivity index (χ0) is 15.0. The number of rotatable bonds is 2. The summed E-state index contributed by atoms with van der Waals surface area (Å²) < 4.78 is 5.32. The van der Waals surface area contributed by atoms with Crippen LogP contribution in [0.25, 0.3) is 0 Å². The van der Waals surface area contributed by atoms with Gasteiger partial charge in [-0.05, 0) is 55.7 Å². The van der Waals surface area contributed by atoms with Gasteiger partial charge in [0.05, 0.1) is 7.11 Å². The standard InChI is InChI=1S/C17H24N2O2/c1-11-3-4-12(8-16(11)21-2)17(20)19-9-13-5-6-15(18)7-14(13)10-19/h3-4,8,13-15H,5-7,9-10,18H2,1-2H3/t13-,14+,15?/m1/s1. The molecule has 3 rings (SSSR count). The van der Waals surface area contributed by atoms with E-state index in [4.69, 9.17) is 10.5 Å². The molecule has 1 unspecified atom stereocenters. The molecule has 2 N–H and O–H groups in total. The first-order valence-electron chi connectivity index (χ1n) is 7.78. The molecule has 1 aliphatic heterocycles. The highest BCUT2D eigenvalue weighted by molar-refractivity contribution is 5.95. The first kappa shape index (κ1) is 14.4. The number of carbonyl (C=O) groups excluding carboxylic acids is 1. The summed E-state index contributed by atoms with van der Waals surface area (Å²) >= 11 is 0. The Balaban J connectivity index is 1.74. The third-order valence-electron chi connectivity index (χ3n) is 5.03. The minimum atomic E-state index is 0.122. The minimum absolute atomic E-state index is 0.122. The van der Waals surface area contributed by atoms with Crippen molar-refractivity contribution in [3.05, 3.63) is 29.3 Å². The van der Waals surface area contributed by atoms with Gasteiger partial charge in [-0.15, -0.1) is 0 Å². The monoisotopic (exact) mass is 288 g/mol. The van der Waals surface area contributed by atoms with Crippen LogP contribution in [0.5, 0.6) is 5.75 Å². The molecular weight excluding hydrogens is 264 g/mol. The van der Waals surface area contributed by atoms with Gasteiger partial charge in [-0.1, -0.05) is 6.07 Å². The number of ether oxygens (including phenoxy) is 1. The van der Waals surface area contributed by atoms with Crippen LogP contribution in [-0.4, -0.2) is 37.0 Å². The second kappa shape index (κ2) is 5.68. The molecule has 1 saturated carbocycles. The molecule has 4 heteroatoms. The summed E-state index contributed by atoms with van der Waals surface area (Å²) in [6, 6.07) is 6.02. The SMILES string of the molecule is COc1cc(C(=O)N2C[C@H]3CCC(N)C[C@H]3C2)ccc1C. The van der Waals surface area contributed by atoms with E-state index in [-0.39, 0.29) is 5.91 Å². The van der Waals surface area contributed by atoms with Crippen molar-refractivity contribution in [2.24, 2.45) is 17.6 Å². The van der Waals surface area contributed by atoms with Crippen LogP contribution in [-0.2, 0) is 0 Å². The van der Waals surface area contributed by atoms with E-state index in [0.717, 1.165) is 49.2 Å². The molecule has 114 valence electrons. The number of nitrogens with zero attached hydrogens (tertiary/aromatic N) is 1. The average Bonchev–Trinajstić information content (AvgIpc) is 2.90. The molecule has 1 aliphatic carbocycles. The predicted octanol–water partition coefficient (Wildman–Crippen LogP) is 2.20. The number of amides is 1. The summed E-state index contributed by atoms with van der Waals surface area (Å²) in [7, 11) is 1.64. The Hall–Kier alpha value is -1.55. The molecule has 0 aromatic heterocycles. The maximum absolute atomic E-state index is 12.7. The lowest BCUT2D eigenvalue weighted by Crippen LogP contribution is -2.32. The molecule has 0 spiro atoms. The maximum atomic E-state index is 12.7. The van der Waals surface area contributed by atoms with E-state index in [1.54, 1.807) is 7.11 Å². The Morgan fingerprint density at radius 2 is 2.05 bits per heavy atom. The largest absolute Gasteiger partial charge is 0.496 e. The quantitative estimate of drug-likeness (QED) is 0.907.